The van der Waals surface area contributed by atoms with Gasteiger partial charge in [-0.05, 0) is 47.9 Å². The lowest BCUT2D eigenvalue weighted by molar-refractivity contribution is -0.157. The van der Waals surface area contributed by atoms with E-state index in [4.69, 9.17) is 4.74 Å². The van der Waals surface area contributed by atoms with Gasteiger partial charge in [0.1, 0.15) is 0 Å². The molecule has 0 spiro atoms. The number of nitrogens with one attached hydrogen (secondary N) is 1. The maximum absolute atomic E-state index is 13.1. The Balaban J connectivity index is 1.57. The Bertz CT molecular complexity index is 1060. The van der Waals surface area contributed by atoms with Gasteiger partial charge in [0.15, 0.2) is 5.60 Å². The summed E-state index contributed by atoms with van der Waals surface area (Å²) in [7, 11) is 0. The van der Waals surface area contributed by atoms with Gasteiger partial charge in [-0.15, -0.1) is 0 Å². The third kappa shape index (κ3) is 4.68. The number of carbonyl (C=O) groups is 2. The molecule has 2 amide bonds. The lowest BCUT2D eigenvalue weighted by Gasteiger charge is -2.41. The molecule has 1 aliphatic heterocycles. The van der Waals surface area contributed by atoms with Gasteiger partial charge in [-0.2, -0.15) is 0 Å². The summed E-state index contributed by atoms with van der Waals surface area (Å²) in [6.45, 7) is 3.25. The van der Waals surface area contributed by atoms with E-state index in [2.05, 4.69) is 15.3 Å². The fourth-order valence-corrected chi connectivity index (χ4v) is 3.96. The molecule has 7 heteroatoms. The van der Waals surface area contributed by atoms with E-state index in [1.54, 1.807) is 41.8 Å². The van der Waals surface area contributed by atoms with Crippen LogP contribution in [0.15, 0.2) is 73.3 Å². The molecule has 0 saturated carbocycles. The summed E-state index contributed by atoms with van der Waals surface area (Å²) in [5.41, 5.74) is 2.46. The van der Waals surface area contributed by atoms with Crippen LogP contribution in [0.3, 0.4) is 0 Å². The second kappa shape index (κ2) is 9.70. The Morgan fingerprint density at radius 2 is 1.78 bits per heavy atom. The average Bonchev–Trinajstić information content (AvgIpc) is 2.85. The highest BCUT2D eigenvalue weighted by Crippen LogP contribution is 2.27. The van der Waals surface area contributed by atoms with Gasteiger partial charge in [0, 0.05) is 44.3 Å². The SMILES string of the molecule is CCNC(=O)[C@@]1(Cc2ccc(-c3ccncc3)cc2)CN(C(=O)c2cccnc2)CCO1. The van der Waals surface area contributed by atoms with Crippen LogP contribution < -0.4 is 5.32 Å². The maximum atomic E-state index is 13.1. The minimum absolute atomic E-state index is 0.150. The van der Waals surface area contributed by atoms with Gasteiger partial charge in [0.25, 0.3) is 11.8 Å². The number of ether oxygens (including phenoxy) is 1. The predicted molar refractivity (Wildman–Crippen MR) is 121 cm³/mol. The van der Waals surface area contributed by atoms with Crippen LogP contribution in [-0.4, -0.2) is 58.5 Å². The number of hydrogen-bond acceptors (Lipinski definition) is 5. The third-order valence-corrected chi connectivity index (χ3v) is 5.59. The zero-order chi connectivity index (χ0) is 22.4. The van der Waals surface area contributed by atoms with Crippen LogP contribution in [0.25, 0.3) is 11.1 Å². The topological polar surface area (TPSA) is 84.4 Å². The van der Waals surface area contributed by atoms with Gasteiger partial charge >= 0.3 is 0 Å². The summed E-state index contributed by atoms with van der Waals surface area (Å²) in [5.74, 6) is -0.356. The van der Waals surface area contributed by atoms with E-state index >= 15 is 0 Å². The van der Waals surface area contributed by atoms with Crippen molar-refractivity contribution in [3.05, 3.63) is 84.4 Å². The second-order valence-electron chi connectivity index (χ2n) is 7.78. The van der Waals surface area contributed by atoms with Crippen molar-refractivity contribution in [2.75, 3.05) is 26.2 Å². The van der Waals surface area contributed by atoms with E-state index in [1.165, 1.54) is 0 Å². The number of pyridine rings is 2. The lowest BCUT2D eigenvalue weighted by atomic mass is 9.90. The standard InChI is InChI=1S/C25H26N4O3/c1-2-28-24(31)25(16-19-5-7-20(8-6-19)21-9-12-26-13-10-21)18-29(14-15-32-25)23(30)22-4-3-11-27-17-22/h3-13,17H,2,14-16,18H2,1H3,(H,28,31)/t25-/m1/s1. The second-order valence-corrected chi connectivity index (χ2v) is 7.78. The molecule has 7 nitrogen and oxygen atoms in total. The van der Waals surface area contributed by atoms with Crippen molar-refractivity contribution < 1.29 is 14.3 Å². The van der Waals surface area contributed by atoms with E-state index < -0.39 is 5.60 Å². The van der Waals surface area contributed by atoms with Crippen molar-refractivity contribution >= 4 is 11.8 Å². The van der Waals surface area contributed by atoms with Gasteiger partial charge < -0.3 is 15.0 Å². The first-order chi connectivity index (χ1) is 15.6. The molecular weight excluding hydrogens is 404 g/mol. The fourth-order valence-electron chi connectivity index (χ4n) is 3.96. The summed E-state index contributed by atoms with van der Waals surface area (Å²) in [4.78, 5) is 35.9. The highest BCUT2D eigenvalue weighted by atomic mass is 16.5. The highest BCUT2D eigenvalue weighted by molar-refractivity contribution is 5.95. The molecule has 2 aromatic heterocycles. The Hall–Kier alpha value is -3.58. The van der Waals surface area contributed by atoms with Gasteiger partial charge in [-0.3, -0.25) is 19.6 Å². The van der Waals surface area contributed by atoms with Crippen molar-refractivity contribution in [1.29, 1.82) is 0 Å². The number of amides is 2. The zero-order valence-corrected chi connectivity index (χ0v) is 18.0. The minimum atomic E-state index is -1.15. The van der Waals surface area contributed by atoms with Crippen molar-refractivity contribution in [2.24, 2.45) is 0 Å². The third-order valence-electron chi connectivity index (χ3n) is 5.59. The zero-order valence-electron chi connectivity index (χ0n) is 18.0. The molecule has 1 N–H and O–H groups in total. The van der Waals surface area contributed by atoms with E-state index in [9.17, 15) is 9.59 Å². The number of likely N-dealkylation sites (N-methyl/N-ethyl adjacent to an activating group) is 1. The Morgan fingerprint density at radius 3 is 2.47 bits per heavy atom. The summed E-state index contributed by atoms with van der Waals surface area (Å²) in [5, 5.41) is 2.89. The Morgan fingerprint density at radius 1 is 1.03 bits per heavy atom. The number of benzene rings is 1. The number of carbonyl (C=O) groups excluding carboxylic acids is 2. The van der Waals surface area contributed by atoms with E-state index in [0.717, 1.165) is 16.7 Å². The molecule has 1 aromatic carbocycles. The monoisotopic (exact) mass is 430 g/mol. The van der Waals surface area contributed by atoms with Crippen LogP contribution in [0.1, 0.15) is 22.8 Å². The number of rotatable bonds is 6. The maximum Gasteiger partial charge on any atom is 0.255 e. The quantitative estimate of drug-likeness (QED) is 0.650. The predicted octanol–water partition coefficient (Wildman–Crippen LogP) is 2.73. The van der Waals surface area contributed by atoms with Crippen molar-refractivity contribution in [1.82, 2.24) is 20.2 Å². The van der Waals surface area contributed by atoms with E-state index in [1.807, 2.05) is 43.3 Å². The molecular formula is C25H26N4O3. The van der Waals surface area contributed by atoms with Crippen LogP contribution in [-0.2, 0) is 16.0 Å². The summed E-state index contributed by atoms with van der Waals surface area (Å²) < 4.78 is 6.09. The first-order valence-electron chi connectivity index (χ1n) is 10.7. The molecule has 32 heavy (non-hydrogen) atoms. The van der Waals surface area contributed by atoms with Crippen LogP contribution >= 0.6 is 0 Å². The Labute approximate surface area is 187 Å². The van der Waals surface area contributed by atoms with Crippen LogP contribution in [0, 0.1) is 0 Å². The molecule has 0 radical (unpaired) electrons. The van der Waals surface area contributed by atoms with E-state index in [-0.39, 0.29) is 25.0 Å². The molecule has 164 valence electrons. The Kier molecular flexibility index (Phi) is 6.56. The van der Waals surface area contributed by atoms with Crippen LogP contribution in [0.5, 0.6) is 0 Å². The molecule has 3 aromatic rings. The van der Waals surface area contributed by atoms with Crippen molar-refractivity contribution in [2.45, 2.75) is 18.9 Å². The largest absolute Gasteiger partial charge is 0.361 e. The lowest BCUT2D eigenvalue weighted by Crippen LogP contribution is -2.62. The fraction of sp³-hybridized carbons (Fsp3) is 0.280. The van der Waals surface area contributed by atoms with E-state index in [0.29, 0.717) is 25.1 Å². The summed E-state index contributed by atoms with van der Waals surface area (Å²) in [6, 6.07) is 15.4. The minimum Gasteiger partial charge on any atom is -0.361 e. The molecule has 1 aliphatic rings. The van der Waals surface area contributed by atoms with Gasteiger partial charge in [-0.25, -0.2) is 0 Å². The molecule has 0 aliphatic carbocycles. The number of nitrogens with zero attached hydrogens (tertiary/aromatic N) is 3. The highest BCUT2D eigenvalue weighted by Gasteiger charge is 2.45. The molecule has 1 fully saturated rings. The van der Waals surface area contributed by atoms with Gasteiger partial charge in [0.2, 0.25) is 0 Å². The first kappa shape index (κ1) is 21.6. The van der Waals surface area contributed by atoms with Gasteiger partial charge in [0.05, 0.1) is 18.7 Å². The molecule has 0 unspecified atom stereocenters. The van der Waals surface area contributed by atoms with Crippen molar-refractivity contribution in [3.8, 4) is 11.1 Å². The summed E-state index contributed by atoms with van der Waals surface area (Å²) in [6.07, 6.45) is 7.06. The van der Waals surface area contributed by atoms with Crippen molar-refractivity contribution in [3.63, 3.8) is 0 Å². The molecule has 0 bridgehead atoms. The number of morpholine rings is 1. The molecule has 1 atom stereocenters. The smallest absolute Gasteiger partial charge is 0.255 e. The van der Waals surface area contributed by atoms with Gasteiger partial charge in [-0.1, -0.05) is 24.3 Å². The molecule has 1 saturated heterocycles. The molecule has 3 heterocycles. The van der Waals surface area contributed by atoms with Crippen LogP contribution in [0.2, 0.25) is 0 Å². The summed E-state index contributed by atoms with van der Waals surface area (Å²) >= 11 is 0. The number of aromatic nitrogens is 2. The number of hydrogen-bond donors (Lipinski definition) is 1. The molecule has 4 rings (SSSR count). The van der Waals surface area contributed by atoms with Crippen LogP contribution in [0.4, 0.5) is 0 Å². The first-order valence-corrected chi connectivity index (χ1v) is 10.7. The average molecular weight is 431 g/mol. The normalized spacial score (nSPS) is 18.2.